The first-order valence-electron chi connectivity index (χ1n) is 8.93. The van der Waals surface area contributed by atoms with Crippen molar-refractivity contribution in [2.75, 3.05) is 5.32 Å². The summed E-state index contributed by atoms with van der Waals surface area (Å²) >= 11 is 0. The van der Waals surface area contributed by atoms with Gasteiger partial charge in [-0.05, 0) is 31.9 Å². The number of amides is 1. The molecule has 1 aliphatic carbocycles. The van der Waals surface area contributed by atoms with Crippen LogP contribution >= 0.6 is 0 Å². The quantitative estimate of drug-likeness (QED) is 0.767. The number of para-hydroxylation sites is 1. The van der Waals surface area contributed by atoms with E-state index in [1.807, 2.05) is 48.0 Å². The molecule has 0 saturated heterocycles. The highest BCUT2D eigenvalue weighted by molar-refractivity contribution is 6.12. The van der Waals surface area contributed by atoms with Crippen LogP contribution in [0.25, 0.3) is 10.9 Å². The molecule has 1 fully saturated rings. The van der Waals surface area contributed by atoms with Gasteiger partial charge < -0.3 is 5.32 Å². The van der Waals surface area contributed by atoms with Gasteiger partial charge in [-0.15, -0.1) is 0 Å². The van der Waals surface area contributed by atoms with Crippen LogP contribution in [0.4, 0.5) is 5.82 Å². The fourth-order valence-electron chi connectivity index (χ4n) is 3.71. The number of aromatic nitrogens is 3. The number of rotatable bonds is 3. The Labute approximate surface area is 147 Å². The first kappa shape index (κ1) is 15.8. The van der Waals surface area contributed by atoms with E-state index < -0.39 is 0 Å². The van der Waals surface area contributed by atoms with Crippen molar-refractivity contribution in [2.45, 2.75) is 45.1 Å². The smallest absolute Gasteiger partial charge is 0.257 e. The fraction of sp³-hybridized carbons (Fsp3) is 0.350. The summed E-state index contributed by atoms with van der Waals surface area (Å²) < 4.78 is 1.98. The topological polar surface area (TPSA) is 59.8 Å². The molecule has 1 saturated carbocycles. The van der Waals surface area contributed by atoms with Crippen LogP contribution in [0.5, 0.6) is 0 Å². The molecule has 0 bridgehead atoms. The van der Waals surface area contributed by atoms with Gasteiger partial charge in [0.05, 0.1) is 23.3 Å². The summed E-state index contributed by atoms with van der Waals surface area (Å²) in [4.78, 5) is 17.4. The second kappa shape index (κ2) is 6.67. The summed E-state index contributed by atoms with van der Waals surface area (Å²) in [6.45, 7) is 1.91. The van der Waals surface area contributed by atoms with Crippen molar-refractivity contribution in [1.82, 2.24) is 14.8 Å². The van der Waals surface area contributed by atoms with E-state index in [2.05, 4.69) is 15.4 Å². The Kier molecular flexibility index (Phi) is 4.22. The molecule has 128 valence electrons. The largest absolute Gasteiger partial charge is 0.307 e. The first-order chi connectivity index (χ1) is 12.2. The molecule has 25 heavy (non-hydrogen) atoms. The average Bonchev–Trinajstić information content (AvgIpc) is 3.09. The van der Waals surface area contributed by atoms with E-state index in [1.165, 1.54) is 19.3 Å². The Morgan fingerprint density at radius 2 is 1.96 bits per heavy atom. The van der Waals surface area contributed by atoms with Crippen molar-refractivity contribution >= 4 is 22.6 Å². The van der Waals surface area contributed by atoms with Crippen molar-refractivity contribution in [3.63, 3.8) is 0 Å². The molecule has 1 amide bonds. The van der Waals surface area contributed by atoms with Gasteiger partial charge in [0, 0.05) is 17.1 Å². The lowest BCUT2D eigenvalue weighted by molar-refractivity contribution is 0.102. The number of pyridine rings is 1. The van der Waals surface area contributed by atoms with E-state index in [0.29, 0.717) is 11.6 Å². The third kappa shape index (κ3) is 3.14. The maximum Gasteiger partial charge on any atom is 0.257 e. The van der Waals surface area contributed by atoms with Gasteiger partial charge in [0.2, 0.25) is 0 Å². The molecule has 2 aromatic heterocycles. The maximum absolute atomic E-state index is 12.9. The lowest BCUT2D eigenvalue weighted by Crippen LogP contribution is -2.20. The van der Waals surface area contributed by atoms with Crippen LogP contribution in [0, 0.1) is 6.92 Å². The van der Waals surface area contributed by atoms with Gasteiger partial charge in [-0.2, -0.15) is 5.10 Å². The van der Waals surface area contributed by atoms with Crippen LogP contribution in [0.1, 0.15) is 54.2 Å². The molecular formula is C20H22N4O. The zero-order valence-electron chi connectivity index (χ0n) is 14.4. The van der Waals surface area contributed by atoms with Crippen molar-refractivity contribution in [1.29, 1.82) is 0 Å². The summed E-state index contributed by atoms with van der Waals surface area (Å²) in [6.07, 6.45) is 7.77. The molecule has 0 aliphatic heterocycles. The van der Waals surface area contributed by atoms with Gasteiger partial charge in [-0.1, -0.05) is 37.5 Å². The number of hydrogen-bond donors (Lipinski definition) is 1. The minimum atomic E-state index is -0.112. The van der Waals surface area contributed by atoms with Gasteiger partial charge in [0.1, 0.15) is 5.82 Å². The zero-order chi connectivity index (χ0) is 17.2. The van der Waals surface area contributed by atoms with Crippen LogP contribution < -0.4 is 5.32 Å². The van der Waals surface area contributed by atoms with E-state index in [0.717, 1.165) is 35.3 Å². The molecule has 2 heterocycles. The molecule has 0 atom stereocenters. The number of carbonyl (C=O) groups is 1. The Balaban J connectivity index is 1.64. The molecular weight excluding hydrogens is 312 g/mol. The molecule has 0 spiro atoms. The Bertz CT molecular complexity index is 909. The molecule has 1 N–H and O–H groups in total. The number of anilines is 1. The zero-order valence-corrected chi connectivity index (χ0v) is 14.4. The maximum atomic E-state index is 12.9. The SMILES string of the molecule is Cc1cc(C(=O)Nc2ccnn2C2CCCCC2)c2ccccc2n1. The normalized spacial score (nSPS) is 15.4. The van der Waals surface area contributed by atoms with Crippen molar-refractivity contribution in [3.8, 4) is 0 Å². The highest BCUT2D eigenvalue weighted by Gasteiger charge is 2.20. The second-order valence-electron chi connectivity index (χ2n) is 6.74. The highest BCUT2D eigenvalue weighted by Crippen LogP contribution is 2.30. The Hall–Kier alpha value is -2.69. The van der Waals surface area contributed by atoms with E-state index in [9.17, 15) is 4.79 Å². The molecule has 3 aromatic rings. The third-order valence-corrected chi connectivity index (χ3v) is 4.92. The van der Waals surface area contributed by atoms with Crippen LogP contribution in [-0.2, 0) is 0 Å². The lowest BCUT2D eigenvalue weighted by Gasteiger charge is -2.24. The standard InChI is InChI=1S/C20H22N4O/c1-14-13-17(16-9-5-6-10-18(16)22-14)20(25)23-19-11-12-21-24(19)15-7-3-2-4-8-15/h5-6,9-13,15H,2-4,7-8H2,1H3,(H,23,25). The third-order valence-electron chi connectivity index (χ3n) is 4.92. The van der Waals surface area contributed by atoms with Gasteiger partial charge in [-0.3, -0.25) is 9.78 Å². The van der Waals surface area contributed by atoms with Crippen LogP contribution in [-0.4, -0.2) is 20.7 Å². The minimum Gasteiger partial charge on any atom is -0.307 e. The first-order valence-corrected chi connectivity index (χ1v) is 8.93. The number of benzene rings is 1. The van der Waals surface area contributed by atoms with Gasteiger partial charge in [0.15, 0.2) is 0 Å². The molecule has 0 radical (unpaired) electrons. The molecule has 1 aliphatic rings. The summed E-state index contributed by atoms with van der Waals surface area (Å²) in [7, 11) is 0. The van der Waals surface area contributed by atoms with Gasteiger partial charge in [-0.25, -0.2) is 4.68 Å². The number of nitrogens with zero attached hydrogens (tertiary/aromatic N) is 3. The number of fused-ring (bicyclic) bond motifs is 1. The predicted molar refractivity (Wildman–Crippen MR) is 98.8 cm³/mol. The molecule has 4 rings (SSSR count). The summed E-state index contributed by atoms with van der Waals surface area (Å²) in [5.41, 5.74) is 2.33. The number of carbonyl (C=O) groups excluding carboxylic acids is 1. The van der Waals surface area contributed by atoms with Gasteiger partial charge in [0.25, 0.3) is 5.91 Å². The summed E-state index contributed by atoms with van der Waals surface area (Å²) in [5, 5.41) is 8.38. The molecule has 5 heteroatoms. The second-order valence-corrected chi connectivity index (χ2v) is 6.74. The minimum absolute atomic E-state index is 0.112. The highest BCUT2D eigenvalue weighted by atomic mass is 16.1. The Morgan fingerprint density at radius 1 is 1.16 bits per heavy atom. The Morgan fingerprint density at radius 3 is 2.80 bits per heavy atom. The monoisotopic (exact) mass is 334 g/mol. The number of aryl methyl sites for hydroxylation is 1. The summed E-state index contributed by atoms with van der Waals surface area (Å²) in [5.74, 6) is 0.662. The van der Waals surface area contributed by atoms with E-state index in [4.69, 9.17) is 0 Å². The summed E-state index contributed by atoms with van der Waals surface area (Å²) in [6, 6.07) is 11.9. The van der Waals surface area contributed by atoms with Crippen molar-refractivity contribution in [2.24, 2.45) is 0 Å². The fourth-order valence-corrected chi connectivity index (χ4v) is 3.71. The molecule has 5 nitrogen and oxygen atoms in total. The number of nitrogens with one attached hydrogen (secondary N) is 1. The van der Waals surface area contributed by atoms with Crippen LogP contribution in [0.3, 0.4) is 0 Å². The average molecular weight is 334 g/mol. The van der Waals surface area contributed by atoms with Crippen LogP contribution in [0.15, 0.2) is 42.6 Å². The van der Waals surface area contributed by atoms with Crippen LogP contribution in [0.2, 0.25) is 0 Å². The van der Waals surface area contributed by atoms with Gasteiger partial charge >= 0.3 is 0 Å². The van der Waals surface area contributed by atoms with Crippen molar-refractivity contribution < 1.29 is 4.79 Å². The molecule has 0 unspecified atom stereocenters. The van der Waals surface area contributed by atoms with E-state index in [1.54, 1.807) is 6.20 Å². The molecule has 1 aromatic carbocycles. The van der Waals surface area contributed by atoms with Crippen molar-refractivity contribution in [3.05, 3.63) is 53.9 Å². The van der Waals surface area contributed by atoms with E-state index >= 15 is 0 Å². The predicted octanol–water partition coefficient (Wildman–Crippen LogP) is 4.50. The van der Waals surface area contributed by atoms with E-state index in [-0.39, 0.29) is 5.91 Å². The lowest BCUT2D eigenvalue weighted by atomic mass is 9.96. The number of hydrogen-bond acceptors (Lipinski definition) is 3.